The second-order valence-corrected chi connectivity index (χ2v) is 6.17. The number of carbonyl (C=O) groups is 2. The van der Waals surface area contributed by atoms with Crippen LogP contribution in [0, 0.1) is 5.82 Å². The number of ether oxygens (including phenoxy) is 3. The molecule has 150 valence electrons. The van der Waals surface area contributed by atoms with Crippen molar-refractivity contribution in [2.75, 3.05) is 27.4 Å². The zero-order valence-electron chi connectivity index (χ0n) is 16.0. The van der Waals surface area contributed by atoms with Gasteiger partial charge in [0, 0.05) is 20.0 Å². The second-order valence-electron chi connectivity index (χ2n) is 6.17. The standard InChI is InChI=1S/C21H24FNO5/c1-23(14-16-5-3-6-17(22)13-16)20(24)15-28-21(25)7-4-12-27-19-10-8-18(26-2)9-11-19/h3,5-6,8-11,13H,4,7,12,14-15H2,1-2H3. The van der Waals surface area contributed by atoms with Crippen molar-refractivity contribution in [2.24, 2.45) is 0 Å². The summed E-state index contributed by atoms with van der Waals surface area (Å²) < 4.78 is 28.8. The topological polar surface area (TPSA) is 65.1 Å². The van der Waals surface area contributed by atoms with E-state index in [-0.39, 0.29) is 31.3 Å². The molecule has 6 nitrogen and oxygen atoms in total. The fraction of sp³-hybridized carbons (Fsp3) is 0.333. The van der Waals surface area contributed by atoms with E-state index in [4.69, 9.17) is 14.2 Å². The Kier molecular flexibility index (Phi) is 8.27. The number of methoxy groups -OCH3 is 1. The Labute approximate surface area is 163 Å². The summed E-state index contributed by atoms with van der Waals surface area (Å²) in [6, 6.07) is 13.1. The molecule has 1 amide bonds. The second kappa shape index (κ2) is 10.9. The van der Waals surface area contributed by atoms with Crippen molar-refractivity contribution in [2.45, 2.75) is 19.4 Å². The monoisotopic (exact) mass is 389 g/mol. The highest BCUT2D eigenvalue weighted by Crippen LogP contribution is 2.17. The molecule has 0 fully saturated rings. The Hall–Kier alpha value is -3.09. The van der Waals surface area contributed by atoms with Gasteiger partial charge in [0.1, 0.15) is 17.3 Å². The van der Waals surface area contributed by atoms with Crippen LogP contribution >= 0.6 is 0 Å². The summed E-state index contributed by atoms with van der Waals surface area (Å²) in [4.78, 5) is 25.2. The molecule has 7 heteroatoms. The number of esters is 1. The summed E-state index contributed by atoms with van der Waals surface area (Å²) in [7, 11) is 3.16. The smallest absolute Gasteiger partial charge is 0.306 e. The van der Waals surface area contributed by atoms with Crippen LogP contribution < -0.4 is 9.47 Å². The van der Waals surface area contributed by atoms with Gasteiger partial charge in [-0.05, 0) is 48.4 Å². The van der Waals surface area contributed by atoms with Gasteiger partial charge in [0.25, 0.3) is 5.91 Å². The van der Waals surface area contributed by atoms with Crippen LogP contribution in [0.15, 0.2) is 48.5 Å². The Morgan fingerprint density at radius 2 is 1.79 bits per heavy atom. The summed E-state index contributed by atoms with van der Waals surface area (Å²) in [6.07, 6.45) is 0.620. The summed E-state index contributed by atoms with van der Waals surface area (Å²) in [5.41, 5.74) is 0.665. The highest BCUT2D eigenvalue weighted by atomic mass is 19.1. The Morgan fingerprint density at radius 1 is 1.07 bits per heavy atom. The molecule has 0 spiro atoms. The summed E-state index contributed by atoms with van der Waals surface area (Å²) in [6.45, 7) is 0.253. The largest absolute Gasteiger partial charge is 0.497 e. The van der Waals surface area contributed by atoms with Crippen molar-refractivity contribution in [1.29, 1.82) is 0 Å². The first-order valence-electron chi connectivity index (χ1n) is 8.89. The molecule has 0 atom stereocenters. The third-order valence-electron chi connectivity index (χ3n) is 3.94. The first-order valence-corrected chi connectivity index (χ1v) is 8.89. The number of rotatable bonds is 10. The van der Waals surface area contributed by atoms with Crippen LogP contribution in [0.1, 0.15) is 18.4 Å². The normalized spacial score (nSPS) is 10.2. The van der Waals surface area contributed by atoms with Gasteiger partial charge in [0.2, 0.25) is 0 Å². The highest BCUT2D eigenvalue weighted by Gasteiger charge is 2.13. The molecule has 0 saturated carbocycles. The van der Waals surface area contributed by atoms with E-state index >= 15 is 0 Å². The van der Waals surface area contributed by atoms with Crippen LogP contribution in [-0.4, -0.2) is 44.1 Å². The van der Waals surface area contributed by atoms with E-state index in [1.165, 1.54) is 17.0 Å². The van der Waals surface area contributed by atoms with Crippen molar-refractivity contribution < 1.29 is 28.2 Å². The number of likely N-dealkylation sites (N-methyl/N-ethyl adjacent to an activating group) is 1. The van der Waals surface area contributed by atoms with E-state index in [1.54, 1.807) is 50.6 Å². The molecular formula is C21H24FNO5. The van der Waals surface area contributed by atoms with Crippen molar-refractivity contribution >= 4 is 11.9 Å². The number of halogens is 1. The molecule has 2 aromatic carbocycles. The lowest BCUT2D eigenvalue weighted by Gasteiger charge is -2.17. The lowest BCUT2D eigenvalue weighted by atomic mass is 10.2. The lowest BCUT2D eigenvalue weighted by Crippen LogP contribution is -2.30. The summed E-state index contributed by atoms with van der Waals surface area (Å²) >= 11 is 0. The molecule has 0 aliphatic rings. The van der Waals surface area contributed by atoms with Gasteiger partial charge >= 0.3 is 5.97 Å². The Morgan fingerprint density at radius 3 is 2.46 bits per heavy atom. The van der Waals surface area contributed by atoms with Crippen molar-refractivity contribution in [3.05, 3.63) is 59.9 Å². The van der Waals surface area contributed by atoms with Crippen molar-refractivity contribution in [3.63, 3.8) is 0 Å². The van der Waals surface area contributed by atoms with Gasteiger partial charge in [-0.2, -0.15) is 0 Å². The third-order valence-corrected chi connectivity index (χ3v) is 3.94. The van der Waals surface area contributed by atoms with E-state index in [0.717, 1.165) is 5.75 Å². The number of hydrogen-bond acceptors (Lipinski definition) is 5. The number of amides is 1. The SMILES string of the molecule is COc1ccc(OCCCC(=O)OCC(=O)N(C)Cc2cccc(F)c2)cc1. The van der Waals surface area contributed by atoms with Crippen LogP contribution in [0.5, 0.6) is 11.5 Å². The number of benzene rings is 2. The minimum Gasteiger partial charge on any atom is -0.497 e. The predicted molar refractivity (Wildman–Crippen MR) is 102 cm³/mol. The van der Waals surface area contributed by atoms with Gasteiger partial charge in [-0.1, -0.05) is 12.1 Å². The fourth-order valence-electron chi connectivity index (χ4n) is 2.40. The van der Waals surface area contributed by atoms with E-state index in [2.05, 4.69) is 0 Å². The Balaban J connectivity index is 1.62. The average molecular weight is 389 g/mol. The molecule has 0 aromatic heterocycles. The van der Waals surface area contributed by atoms with Crippen LogP contribution in [0.4, 0.5) is 4.39 Å². The fourth-order valence-corrected chi connectivity index (χ4v) is 2.40. The quantitative estimate of drug-likeness (QED) is 0.461. The summed E-state index contributed by atoms with van der Waals surface area (Å²) in [5, 5.41) is 0. The van der Waals surface area contributed by atoms with Crippen LogP contribution in [0.25, 0.3) is 0 Å². The molecule has 2 aromatic rings. The molecular weight excluding hydrogens is 365 g/mol. The maximum atomic E-state index is 13.2. The van der Waals surface area contributed by atoms with Crippen molar-refractivity contribution in [3.8, 4) is 11.5 Å². The minimum absolute atomic E-state index is 0.150. The zero-order valence-corrected chi connectivity index (χ0v) is 16.0. The van der Waals surface area contributed by atoms with Crippen LogP contribution in [0.3, 0.4) is 0 Å². The molecule has 0 aliphatic heterocycles. The molecule has 0 aliphatic carbocycles. The lowest BCUT2D eigenvalue weighted by molar-refractivity contribution is -0.151. The van der Waals surface area contributed by atoms with E-state index in [9.17, 15) is 14.0 Å². The van der Waals surface area contributed by atoms with E-state index < -0.39 is 5.97 Å². The highest BCUT2D eigenvalue weighted by molar-refractivity contribution is 5.80. The average Bonchev–Trinajstić information content (AvgIpc) is 2.69. The number of nitrogens with zero attached hydrogens (tertiary/aromatic N) is 1. The van der Waals surface area contributed by atoms with Gasteiger partial charge in [-0.3, -0.25) is 9.59 Å². The third kappa shape index (κ3) is 7.26. The maximum absolute atomic E-state index is 13.2. The number of carbonyl (C=O) groups excluding carboxylic acids is 2. The molecule has 0 heterocycles. The molecule has 0 radical (unpaired) electrons. The zero-order chi connectivity index (χ0) is 20.4. The number of hydrogen-bond donors (Lipinski definition) is 0. The molecule has 28 heavy (non-hydrogen) atoms. The van der Waals surface area contributed by atoms with Gasteiger partial charge in [-0.15, -0.1) is 0 Å². The first kappa shape index (κ1) is 21.2. The van der Waals surface area contributed by atoms with E-state index in [1.807, 2.05) is 0 Å². The molecule has 0 N–H and O–H groups in total. The molecule has 0 bridgehead atoms. The molecule has 0 saturated heterocycles. The summed E-state index contributed by atoms with van der Waals surface area (Å²) in [5.74, 6) is 0.242. The molecule has 0 unspecified atom stereocenters. The van der Waals surface area contributed by atoms with E-state index in [0.29, 0.717) is 24.3 Å². The van der Waals surface area contributed by atoms with Crippen LogP contribution in [-0.2, 0) is 20.9 Å². The van der Waals surface area contributed by atoms with Gasteiger partial charge in [0.05, 0.1) is 13.7 Å². The minimum atomic E-state index is -0.467. The Bertz CT molecular complexity index is 779. The van der Waals surface area contributed by atoms with Crippen LogP contribution in [0.2, 0.25) is 0 Å². The predicted octanol–water partition coefficient (Wildman–Crippen LogP) is 3.20. The van der Waals surface area contributed by atoms with Gasteiger partial charge in [0.15, 0.2) is 6.61 Å². The van der Waals surface area contributed by atoms with Gasteiger partial charge < -0.3 is 19.1 Å². The maximum Gasteiger partial charge on any atom is 0.306 e. The van der Waals surface area contributed by atoms with Gasteiger partial charge in [-0.25, -0.2) is 4.39 Å². The first-order chi connectivity index (χ1) is 13.5. The molecule has 2 rings (SSSR count). The van der Waals surface area contributed by atoms with Crippen molar-refractivity contribution in [1.82, 2.24) is 4.90 Å².